The largest absolute Gasteiger partial charge is 0.339 e. The van der Waals surface area contributed by atoms with Gasteiger partial charge in [0.25, 0.3) is 5.91 Å². The summed E-state index contributed by atoms with van der Waals surface area (Å²) in [4.78, 5) is 25.2. The number of fused-ring (bicyclic) bond motifs is 1. The summed E-state index contributed by atoms with van der Waals surface area (Å²) in [5, 5.41) is 7.04. The van der Waals surface area contributed by atoms with Crippen LogP contribution in [0.3, 0.4) is 0 Å². The molecule has 1 fully saturated rings. The van der Waals surface area contributed by atoms with E-state index < -0.39 is 5.82 Å². The van der Waals surface area contributed by atoms with Crippen molar-refractivity contribution in [1.29, 1.82) is 0 Å². The van der Waals surface area contributed by atoms with Crippen molar-refractivity contribution in [2.45, 2.75) is 32.1 Å². The minimum atomic E-state index is -0.437. The van der Waals surface area contributed by atoms with Gasteiger partial charge < -0.3 is 15.6 Å². The van der Waals surface area contributed by atoms with Crippen molar-refractivity contribution in [3.05, 3.63) is 83.1 Å². The zero-order valence-corrected chi connectivity index (χ0v) is 19.5. The fourth-order valence-corrected chi connectivity index (χ4v) is 4.77. The number of aromatic amines is 1. The predicted molar refractivity (Wildman–Crippen MR) is 136 cm³/mol. The zero-order chi connectivity index (χ0) is 23.9. The Morgan fingerprint density at radius 3 is 2.69 bits per heavy atom. The van der Waals surface area contributed by atoms with E-state index in [1.54, 1.807) is 0 Å². The van der Waals surface area contributed by atoms with Gasteiger partial charge in [-0.05, 0) is 85.7 Å². The number of amides is 1. The topological polar surface area (TPSA) is 82.7 Å². The van der Waals surface area contributed by atoms with Crippen molar-refractivity contribution in [1.82, 2.24) is 20.3 Å². The fourth-order valence-electron chi connectivity index (χ4n) is 4.77. The molecule has 2 aliphatic rings. The average molecular weight is 468 g/mol. The van der Waals surface area contributed by atoms with Gasteiger partial charge in [-0.15, -0.1) is 0 Å². The maximum Gasteiger partial charge on any atom is 0.255 e. The standard InChI is InChI=1S/C28H26FN5O/c1-16-22(26-23-14-25(19-8-10-30-11-9-19)33-27(23)32-15-31-26)12-21(29)13-24(16)34-28(35)20-6-4-18(5-7-20)17-2-3-17/h4-8,12-15,17,30H,2-3,9-11H2,1H3,(H,34,35)(H,31,32,33). The third-order valence-corrected chi connectivity index (χ3v) is 6.93. The van der Waals surface area contributed by atoms with E-state index in [2.05, 4.69) is 31.7 Å². The third kappa shape index (κ3) is 4.23. The van der Waals surface area contributed by atoms with Gasteiger partial charge in [0.2, 0.25) is 0 Å². The molecule has 1 aliphatic heterocycles. The van der Waals surface area contributed by atoms with E-state index in [1.165, 1.54) is 42.4 Å². The van der Waals surface area contributed by atoms with Crippen LogP contribution in [0, 0.1) is 12.7 Å². The smallest absolute Gasteiger partial charge is 0.255 e. The number of hydrogen-bond acceptors (Lipinski definition) is 4. The Morgan fingerprint density at radius 1 is 1.11 bits per heavy atom. The molecule has 1 saturated carbocycles. The van der Waals surface area contributed by atoms with Crippen LogP contribution in [0.5, 0.6) is 0 Å². The van der Waals surface area contributed by atoms with Crippen LogP contribution in [0.25, 0.3) is 27.9 Å². The number of anilines is 1. The van der Waals surface area contributed by atoms with Crippen molar-refractivity contribution in [2.75, 3.05) is 18.4 Å². The van der Waals surface area contributed by atoms with E-state index in [1.807, 2.05) is 37.3 Å². The number of hydrogen-bond donors (Lipinski definition) is 3. The van der Waals surface area contributed by atoms with Crippen LogP contribution in [0.1, 0.15) is 52.4 Å². The van der Waals surface area contributed by atoms with Gasteiger partial charge in [0.1, 0.15) is 17.8 Å². The summed E-state index contributed by atoms with van der Waals surface area (Å²) in [6.45, 7) is 3.63. The molecule has 7 heteroatoms. The number of aromatic nitrogens is 3. The van der Waals surface area contributed by atoms with Crippen LogP contribution in [0.4, 0.5) is 10.1 Å². The Labute approximate surface area is 202 Å². The molecule has 0 bridgehead atoms. The second kappa shape index (κ2) is 8.74. The normalized spacial score (nSPS) is 15.8. The summed E-state index contributed by atoms with van der Waals surface area (Å²) in [5.74, 6) is -0.0694. The Hall–Kier alpha value is -3.84. The first-order valence-corrected chi connectivity index (χ1v) is 12.0. The van der Waals surface area contributed by atoms with E-state index in [0.717, 1.165) is 36.2 Å². The monoisotopic (exact) mass is 467 g/mol. The lowest BCUT2D eigenvalue weighted by Crippen LogP contribution is -2.20. The molecule has 0 atom stereocenters. The van der Waals surface area contributed by atoms with Gasteiger partial charge in [-0.2, -0.15) is 0 Å². The van der Waals surface area contributed by atoms with Crippen molar-refractivity contribution in [2.24, 2.45) is 0 Å². The van der Waals surface area contributed by atoms with Crippen LogP contribution in [0.2, 0.25) is 0 Å². The number of halogens is 1. The quantitative estimate of drug-likeness (QED) is 0.358. The van der Waals surface area contributed by atoms with Crippen LogP contribution in [0.15, 0.2) is 54.9 Å². The number of nitrogens with one attached hydrogen (secondary N) is 3. The molecule has 35 heavy (non-hydrogen) atoms. The van der Waals surface area contributed by atoms with Gasteiger partial charge in [-0.3, -0.25) is 4.79 Å². The molecular weight excluding hydrogens is 441 g/mol. The molecule has 2 aromatic carbocycles. The second-order valence-corrected chi connectivity index (χ2v) is 9.33. The van der Waals surface area contributed by atoms with Crippen LogP contribution in [-0.2, 0) is 0 Å². The number of benzene rings is 2. The van der Waals surface area contributed by atoms with E-state index in [4.69, 9.17) is 0 Å². The molecule has 0 saturated heterocycles. The fraction of sp³-hybridized carbons (Fsp3) is 0.250. The maximum atomic E-state index is 14.8. The number of carbonyl (C=O) groups is 1. The van der Waals surface area contributed by atoms with Gasteiger partial charge in [-0.25, -0.2) is 14.4 Å². The molecule has 2 aromatic heterocycles. The van der Waals surface area contributed by atoms with Gasteiger partial charge in [-0.1, -0.05) is 18.2 Å². The molecule has 0 spiro atoms. The Morgan fingerprint density at radius 2 is 1.94 bits per heavy atom. The van der Waals surface area contributed by atoms with Crippen molar-refractivity contribution in [3.63, 3.8) is 0 Å². The first-order chi connectivity index (χ1) is 17.1. The van der Waals surface area contributed by atoms with Gasteiger partial charge >= 0.3 is 0 Å². The molecule has 6 nitrogen and oxygen atoms in total. The van der Waals surface area contributed by atoms with Crippen LogP contribution < -0.4 is 10.6 Å². The van der Waals surface area contributed by atoms with Crippen molar-refractivity contribution in [3.8, 4) is 11.3 Å². The Balaban J connectivity index is 1.34. The summed E-state index contributed by atoms with van der Waals surface area (Å²) < 4.78 is 14.8. The van der Waals surface area contributed by atoms with Crippen LogP contribution in [-0.4, -0.2) is 33.9 Å². The highest BCUT2D eigenvalue weighted by Crippen LogP contribution is 2.40. The number of rotatable bonds is 5. The number of H-pyrrole nitrogens is 1. The minimum Gasteiger partial charge on any atom is -0.339 e. The molecule has 6 rings (SSSR count). The highest BCUT2D eigenvalue weighted by atomic mass is 19.1. The Bertz CT molecular complexity index is 1470. The summed E-state index contributed by atoms with van der Waals surface area (Å²) in [7, 11) is 0. The second-order valence-electron chi connectivity index (χ2n) is 9.33. The van der Waals surface area contributed by atoms with Crippen molar-refractivity contribution < 1.29 is 9.18 Å². The highest BCUT2D eigenvalue weighted by molar-refractivity contribution is 6.05. The van der Waals surface area contributed by atoms with Gasteiger partial charge in [0.15, 0.2) is 0 Å². The SMILES string of the molecule is Cc1c(NC(=O)c2ccc(C3CC3)cc2)cc(F)cc1-c1ncnc2[nH]c(C3=CCNCC3)cc12. The number of carbonyl (C=O) groups excluding carboxylic acids is 1. The first-order valence-electron chi connectivity index (χ1n) is 12.0. The predicted octanol–water partition coefficient (Wildman–Crippen LogP) is 5.58. The summed E-state index contributed by atoms with van der Waals surface area (Å²) in [6, 6.07) is 12.5. The summed E-state index contributed by atoms with van der Waals surface area (Å²) in [6.07, 6.45) is 7.00. The van der Waals surface area contributed by atoms with E-state index in [-0.39, 0.29) is 5.91 Å². The lowest BCUT2D eigenvalue weighted by Gasteiger charge is -2.14. The van der Waals surface area contributed by atoms with E-state index in [0.29, 0.717) is 34.1 Å². The summed E-state index contributed by atoms with van der Waals surface area (Å²) in [5.41, 5.74) is 7.19. The van der Waals surface area contributed by atoms with Crippen LogP contribution >= 0.6 is 0 Å². The van der Waals surface area contributed by atoms with Gasteiger partial charge in [0.05, 0.1) is 5.69 Å². The summed E-state index contributed by atoms with van der Waals surface area (Å²) >= 11 is 0. The maximum absolute atomic E-state index is 14.8. The van der Waals surface area contributed by atoms with Crippen molar-refractivity contribution >= 4 is 28.2 Å². The molecule has 176 valence electrons. The first kappa shape index (κ1) is 21.7. The molecule has 1 aliphatic carbocycles. The zero-order valence-electron chi connectivity index (χ0n) is 19.5. The molecule has 4 aromatic rings. The minimum absolute atomic E-state index is 0.262. The molecule has 0 radical (unpaired) electrons. The van der Waals surface area contributed by atoms with Gasteiger partial charge in [0, 0.05) is 34.4 Å². The molecular formula is C28H26FN5O. The third-order valence-electron chi connectivity index (χ3n) is 6.93. The number of nitrogens with zero attached hydrogens (tertiary/aromatic N) is 2. The highest BCUT2D eigenvalue weighted by Gasteiger charge is 2.23. The van der Waals surface area contributed by atoms with E-state index in [9.17, 15) is 9.18 Å². The molecule has 0 unspecified atom stereocenters. The Kier molecular flexibility index (Phi) is 5.41. The average Bonchev–Trinajstić information content (AvgIpc) is 3.64. The van der Waals surface area contributed by atoms with E-state index >= 15 is 0 Å². The molecule has 3 heterocycles. The molecule has 3 N–H and O–H groups in total. The lowest BCUT2D eigenvalue weighted by molar-refractivity contribution is 0.102. The lowest BCUT2D eigenvalue weighted by atomic mass is 10.00. The molecule has 1 amide bonds.